The Morgan fingerprint density at radius 2 is 2.35 bits per heavy atom. The summed E-state index contributed by atoms with van der Waals surface area (Å²) in [5, 5.41) is 11.9. The Morgan fingerprint density at radius 1 is 1.59 bits per heavy atom. The first kappa shape index (κ1) is 11.8. The first-order chi connectivity index (χ1) is 8.10. The van der Waals surface area contributed by atoms with E-state index in [4.69, 9.17) is 5.11 Å². The van der Waals surface area contributed by atoms with Gasteiger partial charge < -0.3 is 15.3 Å². The lowest BCUT2D eigenvalue weighted by atomic mass is 10.1. The predicted molar refractivity (Wildman–Crippen MR) is 63.4 cm³/mol. The summed E-state index contributed by atoms with van der Waals surface area (Å²) in [5.74, 6) is 0.392. The van der Waals surface area contributed by atoms with Crippen LogP contribution in [0, 0.1) is 0 Å². The fraction of sp³-hybridized carbons (Fsp3) is 0.545. The molecular weight excluding hydrogens is 220 g/mol. The number of carbonyl (C=O) groups is 1. The van der Waals surface area contributed by atoms with Crippen molar-refractivity contribution in [3.63, 3.8) is 0 Å². The van der Waals surface area contributed by atoms with Gasteiger partial charge in [0.1, 0.15) is 11.6 Å². The van der Waals surface area contributed by atoms with E-state index < -0.39 is 5.97 Å². The van der Waals surface area contributed by atoms with Gasteiger partial charge in [-0.3, -0.25) is 0 Å². The van der Waals surface area contributed by atoms with Crippen LogP contribution in [-0.4, -0.2) is 53.1 Å². The molecule has 17 heavy (non-hydrogen) atoms. The van der Waals surface area contributed by atoms with Gasteiger partial charge in [0.2, 0.25) is 0 Å². The summed E-state index contributed by atoms with van der Waals surface area (Å²) in [6, 6.07) is 1.45. The van der Waals surface area contributed by atoms with Crippen LogP contribution < -0.4 is 5.32 Å². The average Bonchev–Trinajstić information content (AvgIpc) is 2.75. The summed E-state index contributed by atoms with van der Waals surface area (Å²) in [7, 11) is 3.76. The molecule has 0 bridgehead atoms. The van der Waals surface area contributed by atoms with Crippen molar-refractivity contribution in [2.45, 2.75) is 12.3 Å². The molecule has 0 aromatic carbocycles. The number of hydrogen-bond acceptors (Lipinski definition) is 5. The minimum atomic E-state index is -1.02. The SMILES string of the molecule is CNc1cc(C(=O)O)nc(C2CCN(C)C2)n1. The lowest BCUT2D eigenvalue weighted by Crippen LogP contribution is -2.16. The predicted octanol–water partition coefficient (Wildman–Crippen LogP) is 0.636. The highest BCUT2D eigenvalue weighted by atomic mass is 16.4. The molecule has 0 spiro atoms. The van der Waals surface area contributed by atoms with Crippen LogP contribution in [-0.2, 0) is 0 Å². The Balaban J connectivity index is 2.32. The second kappa shape index (κ2) is 4.67. The van der Waals surface area contributed by atoms with Gasteiger partial charge in [0, 0.05) is 25.6 Å². The van der Waals surface area contributed by atoms with Crippen molar-refractivity contribution in [3.8, 4) is 0 Å². The smallest absolute Gasteiger partial charge is 0.354 e. The standard InChI is InChI=1S/C11H16N4O2/c1-12-9-5-8(11(16)17)13-10(14-9)7-3-4-15(2)6-7/h5,7H,3-4,6H2,1-2H3,(H,16,17)(H,12,13,14). The van der Waals surface area contributed by atoms with E-state index in [0.717, 1.165) is 19.5 Å². The molecule has 0 aliphatic carbocycles. The van der Waals surface area contributed by atoms with Crippen molar-refractivity contribution in [2.24, 2.45) is 0 Å². The topological polar surface area (TPSA) is 78.3 Å². The maximum absolute atomic E-state index is 11.0. The van der Waals surface area contributed by atoms with E-state index in [1.807, 2.05) is 7.05 Å². The van der Waals surface area contributed by atoms with E-state index in [1.54, 1.807) is 7.05 Å². The third-order valence-electron chi connectivity index (χ3n) is 2.98. The molecule has 6 nitrogen and oxygen atoms in total. The second-order valence-electron chi connectivity index (χ2n) is 4.30. The molecule has 6 heteroatoms. The van der Waals surface area contributed by atoms with Gasteiger partial charge in [-0.25, -0.2) is 14.8 Å². The van der Waals surface area contributed by atoms with Gasteiger partial charge in [-0.1, -0.05) is 0 Å². The quantitative estimate of drug-likeness (QED) is 0.801. The first-order valence-corrected chi connectivity index (χ1v) is 5.58. The zero-order chi connectivity index (χ0) is 12.4. The molecule has 1 aliphatic rings. The fourth-order valence-electron chi connectivity index (χ4n) is 2.03. The summed E-state index contributed by atoms with van der Waals surface area (Å²) >= 11 is 0. The number of nitrogens with one attached hydrogen (secondary N) is 1. The Morgan fingerprint density at radius 3 is 2.88 bits per heavy atom. The molecule has 2 N–H and O–H groups in total. The molecule has 1 aromatic heterocycles. The molecule has 92 valence electrons. The molecule has 2 rings (SSSR count). The van der Waals surface area contributed by atoms with Crippen LogP contribution in [0.25, 0.3) is 0 Å². The number of carboxylic acid groups (broad SMARTS) is 1. The molecule has 0 radical (unpaired) electrons. The molecule has 1 aromatic rings. The molecule has 2 heterocycles. The summed E-state index contributed by atoms with van der Waals surface area (Å²) in [4.78, 5) is 21.6. The number of nitrogens with zero attached hydrogens (tertiary/aromatic N) is 3. The zero-order valence-electron chi connectivity index (χ0n) is 9.97. The number of hydrogen-bond donors (Lipinski definition) is 2. The van der Waals surface area contributed by atoms with Crippen molar-refractivity contribution in [3.05, 3.63) is 17.6 Å². The van der Waals surface area contributed by atoms with E-state index in [1.165, 1.54) is 6.07 Å². The van der Waals surface area contributed by atoms with Gasteiger partial charge in [0.15, 0.2) is 5.69 Å². The van der Waals surface area contributed by atoms with Gasteiger partial charge in [-0.2, -0.15) is 0 Å². The van der Waals surface area contributed by atoms with E-state index in [2.05, 4.69) is 20.2 Å². The Hall–Kier alpha value is -1.69. The summed E-state index contributed by atoms with van der Waals surface area (Å²) in [5.41, 5.74) is 0.0499. The van der Waals surface area contributed by atoms with Gasteiger partial charge >= 0.3 is 5.97 Å². The largest absolute Gasteiger partial charge is 0.477 e. The highest BCUT2D eigenvalue weighted by Gasteiger charge is 2.25. The molecule has 1 unspecified atom stereocenters. The Bertz CT molecular complexity index is 435. The van der Waals surface area contributed by atoms with Crippen molar-refractivity contribution in [1.82, 2.24) is 14.9 Å². The van der Waals surface area contributed by atoms with E-state index in [0.29, 0.717) is 11.6 Å². The second-order valence-corrected chi connectivity index (χ2v) is 4.30. The number of rotatable bonds is 3. The molecule has 1 fully saturated rings. The maximum Gasteiger partial charge on any atom is 0.354 e. The van der Waals surface area contributed by atoms with Crippen molar-refractivity contribution < 1.29 is 9.90 Å². The summed E-state index contributed by atoms with van der Waals surface area (Å²) in [6.07, 6.45) is 0.975. The number of aromatic nitrogens is 2. The maximum atomic E-state index is 11.0. The number of carboxylic acids is 1. The normalized spacial score (nSPS) is 20.5. The van der Waals surface area contributed by atoms with Gasteiger partial charge in [0.05, 0.1) is 0 Å². The van der Waals surface area contributed by atoms with Crippen LogP contribution in [0.4, 0.5) is 5.82 Å². The van der Waals surface area contributed by atoms with Crippen molar-refractivity contribution in [2.75, 3.05) is 32.5 Å². The van der Waals surface area contributed by atoms with Crippen LogP contribution >= 0.6 is 0 Å². The number of aromatic carboxylic acids is 1. The van der Waals surface area contributed by atoms with Crippen LogP contribution in [0.2, 0.25) is 0 Å². The molecule has 0 saturated carbocycles. The molecule has 0 amide bonds. The lowest BCUT2D eigenvalue weighted by Gasteiger charge is -2.11. The van der Waals surface area contributed by atoms with Crippen LogP contribution in [0.3, 0.4) is 0 Å². The number of anilines is 1. The fourth-order valence-corrected chi connectivity index (χ4v) is 2.03. The lowest BCUT2D eigenvalue weighted by molar-refractivity contribution is 0.0690. The van der Waals surface area contributed by atoms with Crippen molar-refractivity contribution in [1.29, 1.82) is 0 Å². The summed E-state index contributed by atoms with van der Waals surface area (Å²) in [6.45, 7) is 1.88. The van der Waals surface area contributed by atoms with Gasteiger partial charge in [-0.05, 0) is 20.0 Å². The van der Waals surface area contributed by atoms with E-state index >= 15 is 0 Å². The third kappa shape index (κ3) is 2.52. The molecule has 1 aliphatic heterocycles. The Labute approximate surface area is 99.7 Å². The monoisotopic (exact) mass is 236 g/mol. The highest BCUT2D eigenvalue weighted by molar-refractivity contribution is 5.86. The minimum Gasteiger partial charge on any atom is -0.477 e. The summed E-state index contributed by atoms with van der Waals surface area (Å²) < 4.78 is 0. The zero-order valence-corrected chi connectivity index (χ0v) is 9.97. The number of likely N-dealkylation sites (N-methyl/N-ethyl adjacent to an activating group) is 1. The number of likely N-dealkylation sites (tertiary alicyclic amines) is 1. The van der Waals surface area contributed by atoms with Gasteiger partial charge in [0.25, 0.3) is 0 Å². The van der Waals surface area contributed by atoms with Gasteiger partial charge in [-0.15, -0.1) is 0 Å². The van der Waals surface area contributed by atoms with Crippen LogP contribution in [0.15, 0.2) is 6.07 Å². The molecular formula is C11H16N4O2. The minimum absolute atomic E-state index is 0.0499. The molecule has 1 saturated heterocycles. The first-order valence-electron chi connectivity index (χ1n) is 5.58. The Kier molecular flexibility index (Phi) is 3.23. The van der Waals surface area contributed by atoms with E-state index in [9.17, 15) is 4.79 Å². The van der Waals surface area contributed by atoms with Crippen molar-refractivity contribution >= 4 is 11.8 Å². The van der Waals surface area contributed by atoms with Crippen LogP contribution in [0.1, 0.15) is 28.7 Å². The highest BCUT2D eigenvalue weighted by Crippen LogP contribution is 2.24. The average molecular weight is 236 g/mol. The third-order valence-corrected chi connectivity index (χ3v) is 2.98. The van der Waals surface area contributed by atoms with Crippen LogP contribution in [0.5, 0.6) is 0 Å². The van der Waals surface area contributed by atoms with E-state index in [-0.39, 0.29) is 11.6 Å². The molecule has 1 atom stereocenters.